The van der Waals surface area contributed by atoms with Gasteiger partial charge in [0.1, 0.15) is 0 Å². The van der Waals surface area contributed by atoms with Gasteiger partial charge < -0.3 is 9.47 Å². The fourth-order valence-corrected chi connectivity index (χ4v) is 2.34. The molecule has 1 aliphatic heterocycles. The molecular formula is C14H10INO2. The number of hydrogen-bond donors (Lipinski definition) is 0. The smallest absolute Gasteiger partial charge is 0.231 e. The van der Waals surface area contributed by atoms with Gasteiger partial charge in [-0.2, -0.15) is 0 Å². The zero-order valence-electron chi connectivity index (χ0n) is 9.47. The molecule has 1 aromatic carbocycles. The summed E-state index contributed by atoms with van der Waals surface area (Å²) < 4.78 is 11.9. The van der Waals surface area contributed by atoms with Crippen LogP contribution in [-0.4, -0.2) is 11.8 Å². The van der Waals surface area contributed by atoms with E-state index in [0.29, 0.717) is 6.79 Å². The van der Waals surface area contributed by atoms with Gasteiger partial charge >= 0.3 is 0 Å². The maximum absolute atomic E-state index is 5.38. The number of hydrogen-bond acceptors (Lipinski definition) is 3. The van der Waals surface area contributed by atoms with Crippen molar-refractivity contribution >= 4 is 34.7 Å². The minimum absolute atomic E-state index is 0.308. The Bertz CT molecular complexity index is 596. The quantitative estimate of drug-likeness (QED) is 0.775. The first-order chi connectivity index (χ1) is 8.83. The molecule has 0 radical (unpaired) electrons. The summed E-state index contributed by atoms with van der Waals surface area (Å²) in [6, 6.07) is 7.93. The number of ether oxygens (including phenoxy) is 2. The van der Waals surface area contributed by atoms with E-state index in [1.54, 1.807) is 12.4 Å². The standard InChI is InChI=1S/C14H10INO2/c15-12-8-14-13(17-9-18-14)7-11(12)2-1-10-3-5-16-6-4-10/h1-8H,9H2/b2-1+. The van der Waals surface area contributed by atoms with Crippen LogP contribution in [0.3, 0.4) is 0 Å². The molecule has 18 heavy (non-hydrogen) atoms. The lowest BCUT2D eigenvalue weighted by Crippen LogP contribution is -1.92. The molecule has 3 rings (SSSR count). The Hall–Kier alpha value is -1.56. The number of benzene rings is 1. The van der Waals surface area contributed by atoms with Gasteiger partial charge in [-0.05, 0) is 58.0 Å². The Morgan fingerprint density at radius 3 is 2.56 bits per heavy atom. The monoisotopic (exact) mass is 351 g/mol. The van der Waals surface area contributed by atoms with Gasteiger partial charge in [-0.25, -0.2) is 0 Å². The highest BCUT2D eigenvalue weighted by Crippen LogP contribution is 2.35. The van der Waals surface area contributed by atoms with Crippen LogP contribution in [0.1, 0.15) is 11.1 Å². The molecule has 0 N–H and O–H groups in total. The topological polar surface area (TPSA) is 31.4 Å². The Balaban J connectivity index is 1.91. The lowest BCUT2D eigenvalue weighted by atomic mass is 10.1. The minimum atomic E-state index is 0.308. The van der Waals surface area contributed by atoms with Gasteiger partial charge in [0.25, 0.3) is 0 Å². The summed E-state index contributed by atoms with van der Waals surface area (Å²) in [5, 5.41) is 0. The van der Waals surface area contributed by atoms with Gasteiger partial charge in [-0.1, -0.05) is 12.2 Å². The molecular weight excluding hydrogens is 341 g/mol. The third-order valence-corrected chi connectivity index (χ3v) is 3.59. The van der Waals surface area contributed by atoms with Gasteiger partial charge in [-0.15, -0.1) is 0 Å². The van der Waals surface area contributed by atoms with Crippen molar-refractivity contribution < 1.29 is 9.47 Å². The Morgan fingerprint density at radius 1 is 1.06 bits per heavy atom. The van der Waals surface area contributed by atoms with Gasteiger partial charge in [0.15, 0.2) is 11.5 Å². The second kappa shape index (κ2) is 4.97. The van der Waals surface area contributed by atoms with Crippen molar-refractivity contribution in [3.05, 3.63) is 51.4 Å². The fraction of sp³-hybridized carbons (Fsp3) is 0.0714. The number of pyridine rings is 1. The first-order valence-electron chi connectivity index (χ1n) is 5.50. The van der Waals surface area contributed by atoms with E-state index in [2.05, 4.69) is 39.7 Å². The number of nitrogens with zero attached hydrogens (tertiary/aromatic N) is 1. The summed E-state index contributed by atoms with van der Waals surface area (Å²) in [6.07, 6.45) is 7.69. The molecule has 0 atom stereocenters. The van der Waals surface area contributed by atoms with E-state index < -0.39 is 0 Å². The highest BCUT2D eigenvalue weighted by Gasteiger charge is 2.14. The summed E-state index contributed by atoms with van der Waals surface area (Å²) in [5.41, 5.74) is 2.25. The molecule has 0 amide bonds. The molecule has 0 spiro atoms. The van der Waals surface area contributed by atoms with Crippen LogP contribution in [0.2, 0.25) is 0 Å². The molecule has 2 heterocycles. The molecule has 90 valence electrons. The van der Waals surface area contributed by atoms with Crippen LogP contribution in [0, 0.1) is 3.57 Å². The van der Waals surface area contributed by atoms with E-state index in [4.69, 9.17) is 9.47 Å². The average molecular weight is 351 g/mol. The molecule has 3 nitrogen and oxygen atoms in total. The van der Waals surface area contributed by atoms with E-state index in [9.17, 15) is 0 Å². The predicted octanol–water partition coefficient (Wildman–Crippen LogP) is 3.59. The number of aromatic nitrogens is 1. The van der Waals surface area contributed by atoms with E-state index in [0.717, 1.165) is 26.2 Å². The number of rotatable bonds is 2. The summed E-state index contributed by atoms with van der Waals surface area (Å²) in [4.78, 5) is 3.99. The zero-order valence-corrected chi connectivity index (χ0v) is 11.6. The largest absolute Gasteiger partial charge is 0.454 e. The summed E-state index contributed by atoms with van der Waals surface area (Å²) in [5.74, 6) is 1.63. The highest BCUT2D eigenvalue weighted by molar-refractivity contribution is 14.1. The highest BCUT2D eigenvalue weighted by atomic mass is 127. The normalized spacial score (nSPS) is 13.2. The van der Waals surface area contributed by atoms with Crippen molar-refractivity contribution in [3.63, 3.8) is 0 Å². The Labute approximate surface area is 119 Å². The molecule has 4 heteroatoms. The molecule has 1 aromatic heterocycles. The molecule has 0 unspecified atom stereocenters. The third-order valence-electron chi connectivity index (χ3n) is 2.65. The molecule has 0 aliphatic carbocycles. The molecule has 0 fully saturated rings. The molecule has 0 saturated heterocycles. The van der Waals surface area contributed by atoms with Crippen LogP contribution in [0.4, 0.5) is 0 Å². The van der Waals surface area contributed by atoms with Crippen molar-refractivity contribution in [3.8, 4) is 11.5 Å². The first kappa shape index (κ1) is 11.5. The summed E-state index contributed by atoms with van der Waals surface area (Å²) in [7, 11) is 0. The number of fused-ring (bicyclic) bond motifs is 1. The van der Waals surface area contributed by atoms with Crippen molar-refractivity contribution in [1.82, 2.24) is 4.98 Å². The lowest BCUT2D eigenvalue weighted by Gasteiger charge is -2.01. The average Bonchev–Trinajstić information content (AvgIpc) is 2.84. The van der Waals surface area contributed by atoms with E-state index >= 15 is 0 Å². The van der Waals surface area contributed by atoms with Crippen molar-refractivity contribution in [2.75, 3.05) is 6.79 Å². The molecule has 1 aliphatic rings. The molecule has 0 saturated carbocycles. The maximum atomic E-state index is 5.38. The Kier molecular flexibility index (Phi) is 3.19. The second-order valence-electron chi connectivity index (χ2n) is 3.84. The van der Waals surface area contributed by atoms with Gasteiger partial charge in [0.05, 0.1) is 0 Å². The maximum Gasteiger partial charge on any atom is 0.231 e. The van der Waals surface area contributed by atoms with Crippen LogP contribution in [0.25, 0.3) is 12.2 Å². The van der Waals surface area contributed by atoms with Crippen molar-refractivity contribution in [2.24, 2.45) is 0 Å². The van der Waals surface area contributed by atoms with E-state index in [-0.39, 0.29) is 0 Å². The van der Waals surface area contributed by atoms with Crippen LogP contribution < -0.4 is 9.47 Å². The van der Waals surface area contributed by atoms with Crippen LogP contribution in [-0.2, 0) is 0 Å². The van der Waals surface area contributed by atoms with Crippen LogP contribution >= 0.6 is 22.6 Å². The lowest BCUT2D eigenvalue weighted by molar-refractivity contribution is 0.174. The second-order valence-corrected chi connectivity index (χ2v) is 5.00. The number of halogens is 1. The van der Waals surface area contributed by atoms with Gasteiger partial charge in [-0.3, -0.25) is 4.98 Å². The minimum Gasteiger partial charge on any atom is -0.454 e. The predicted molar refractivity (Wildman–Crippen MR) is 78.4 cm³/mol. The van der Waals surface area contributed by atoms with E-state index in [1.165, 1.54) is 0 Å². The third kappa shape index (κ3) is 2.33. The van der Waals surface area contributed by atoms with Crippen molar-refractivity contribution in [2.45, 2.75) is 0 Å². The van der Waals surface area contributed by atoms with Crippen LogP contribution in [0.5, 0.6) is 11.5 Å². The molecule has 2 aromatic rings. The van der Waals surface area contributed by atoms with Crippen LogP contribution in [0.15, 0.2) is 36.7 Å². The van der Waals surface area contributed by atoms with E-state index in [1.807, 2.05) is 24.3 Å². The van der Waals surface area contributed by atoms with Crippen molar-refractivity contribution in [1.29, 1.82) is 0 Å². The van der Waals surface area contributed by atoms with Gasteiger partial charge in [0.2, 0.25) is 6.79 Å². The first-order valence-corrected chi connectivity index (χ1v) is 6.58. The Morgan fingerprint density at radius 2 is 1.78 bits per heavy atom. The fourth-order valence-electron chi connectivity index (χ4n) is 1.72. The SMILES string of the molecule is Ic1cc2c(cc1/C=C/c1ccncc1)OCO2. The van der Waals surface area contributed by atoms with Gasteiger partial charge in [0, 0.05) is 16.0 Å². The molecule has 0 bridgehead atoms. The zero-order chi connectivity index (χ0) is 12.4. The summed E-state index contributed by atoms with van der Waals surface area (Å²) in [6.45, 7) is 0.308. The summed E-state index contributed by atoms with van der Waals surface area (Å²) >= 11 is 2.30.